The third-order valence-corrected chi connectivity index (χ3v) is 3.11. The van der Waals surface area contributed by atoms with E-state index in [2.05, 4.69) is 5.32 Å². The minimum absolute atomic E-state index is 0.0128. The molecule has 0 radical (unpaired) electrons. The van der Waals surface area contributed by atoms with Crippen LogP contribution < -0.4 is 10.1 Å². The maximum Gasteiger partial charge on any atom is 0.313 e. The second-order valence-corrected chi connectivity index (χ2v) is 5.05. The lowest BCUT2D eigenvalue weighted by molar-refractivity contribution is -0.135. The van der Waals surface area contributed by atoms with Gasteiger partial charge in [0.05, 0.1) is 12.5 Å². The molecule has 4 nitrogen and oxygen atoms in total. The maximum atomic E-state index is 13.9. The molecule has 0 aliphatic carbocycles. The van der Waals surface area contributed by atoms with Gasteiger partial charge in [-0.25, -0.2) is 13.2 Å². The molecular weight excluding hydrogens is 323 g/mol. The van der Waals surface area contributed by atoms with Crippen LogP contribution in [0.2, 0.25) is 0 Å². The molecule has 24 heavy (non-hydrogen) atoms. The first-order valence-electron chi connectivity index (χ1n) is 7.03. The summed E-state index contributed by atoms with van der Waals surface area (Å²) in [5, 5.41) is 2.41. The summed E-state index contributed by atoms with van der Waals surface area (Å²) in [6, 6.07) is 6.72. The number of hydrogen-bond donors (Lipinski definition) is 1. The molecule has 0 spiro atoms. The summed E-state index contributed by atoms with van der Waals surface area (Å²) in [5.41, 5.74) is -0.0530. The number of carbonyl (C=O) groups excluding carboxylic acids is 2. The van der Waals surface area contributed by atoms with E-state index >= 15 is 0 Å². The van der Waals surface area contributed by atoms with Crippen molar-refractivity contribution in [3.8, 4) is 5.75 Å². The molecule has 0 saturated heterocycles. The molecule has 0 fully saturated rings. The van der Waals surface area contributed by atoms with Gasteiger partial charge >= 0.3 is 5.97 Å². The lowest BCUT2D eigenvalue weighted by Gasteiger charge is -2.18. The number of amides is 1. The number of nitrogens with one attached hydrogen (secondary N) is 1. The minimum atomic E-state index is -1.04. The highest BCUT2D eigenvalue weighted by Gasteiger charge is 2.22. The van der Waals surface area contributed by atoms with Gasteiger partial charge in [0.2, 0.25) is 5.91 Å². The smallest absolute Gasteiger partial charge is 0.313 e. The molecule has 1 unspecified atom stereocenters. The molecule has 1 N–H and O–H groups in total. The van der Waals surface area contributed by atoms with Gasteiger partial charge in [-0.15, -0.1) is 0 Å². The van der Waals surface area contributed by atoms with Crippen LogP contribution in [-0.2, 0) is 9.59 Å². The molecule has 0 bridgehead atoms. The van der Waals surface area contributed by atoms with Gasteiger partial charge in [-0.3, -0.25) is 9.59 Å². The van der Waals surface area contributed by atoms with E-state index in [-0.39, 0.29) is 11.3 Å². The topological polar surface area (TPSA) is 55.4 Å². The summed E-state index contributed by atoms with van der Waals surface area (Å²) in [6.45, 7) is 1.20. The Morgan fingerprint density at radius 2 is 1.79 bits per heavy atom. The van der Waals surface area contributed by atoms with Crippen LogP contribution in [0.3, 0.4) is 0 Å². The van der Waals surface area contributed by atoms with Gasteiger partial charge in [0, 0.05) is 24.6 Å². The highest BCUT2D eigenvalue weighted by Crippen LogP contribution is 2.22. The lowest BCUT2D eigenvalue weighted by atomic mass is 10.0. The number of carbonyl (C=O) groups is 2. The fraction of sp³-hybridized carbons (Fsp3) is 0.176. The molecule has 0 aliphatic heterocycles. The van der Waals surface area contributed by atoms with Gasteiger partial charge in [-0.1, -0.05) is 12.1 Å². The molecule has 2 aromatic carbocycles. The van der Waals surface area contributed by atoms with Crippen LogP contribution in [0.5, 0.6) is 5.75 Å². The van der Waals surface area contributed by atoms with Crippen molar-refractivity contribution >= 4 is 11.9 Å². The second-order valence-electron chi connectivity index (χ2n) is 5.05. The van der Waals surface area contributed by atoms with Crippen molar-refractivity contribution in [1.82, 2.24) is 5.32 Å². The minimum Gasteiger partial charge on any atom is -0.426 e. The van der Waals surface area contributed by atoms with E-state index in [1.54, 1.807) is 0 Å². The van der Waals surface area contributed by atoms with Crippen molar-refractivity contribution in [3.63, 3.8) is 0 Å². The summed E-state index contributed by atoms with van der Waals surface area (Å²) in [6.07, 6.45) is -0.404. The molecule has 0 saturated carbocycles. The van der Waals surface area contributed by atoms with Crippen LogP contribution >= 0.6 is 0 Å². The van der Waals surface area contributed by atoms with E-state index in [1.807, 2.05) is 0 Å². The van der Waals surface area contributed by atoms with Gasteiger partial charge in [0.25, 0.3) is 0 Å². The largest absolute Gasteiger partial charge is 0.426 e. The Bertz CT molecular complexity index is 764. The predicted molar refractivity (Wildman–Crippen MR) is 79.6 cm³/mol. The summed E-state index contributed by atoms with van der Waals surface area (Å²) < 4.78 is 44.9. The van der Waals surface area contributed by atoms with Crippen LogP contribution in [0.15, 0.2) is 42.5 Å². The highest BCUT2D eigenvalue weighted by atomic mass is 19.1. The predicted octanol–water partition coefficient (Wildman–Crippen LogP) is 3.28. The van der Waals surface area contributed by atoms with E-state index in [1.165, 1.54) is 25.1 Å². The number of benzene rings is 2. The van der Waals surface area contributed by atoms with E-state index in [0.29, 0.717) is 6.07 Å². The standard InChI is InChI=1S/C17H14F3NO3/c1-10(22)21-16(14-6-5-12(19)8-15(14)20)9-17(23)24-13-4-2-3-11(18)7-13/h2-8,16H,9H2,1H3,(H,21,22). The monoisotopic (exact) mass is 337 g/mol. The van der Waals surface area contributed by atoms with Gasteiger partial charge in [-0.05, 0) is 18.2 Å². The summed E-state index contributed by atoms with van der Waals surface area (Å²) in [4.78, 5) is 23.3. The fourth-order valence-electron chi connectivity index (χ4n) is 2.14. The summed E-state index contributed by atoms with van der Waals surface area (Å²) in [5.74, 6) is -3.57. The molecule has 126 valence electrons. The zero-order valence-corrected chi connectivity index (χ0v) is 12.7. The Kier molecular flexibility index (Phi) is 5.57. The third-order valence-electron chi connectivity index (χ3n) is 3.11. The quantitative estimate of drug-likeness (QED) is 0.673. The van der Waals surface area contributed by atoms with E-state index in [9.17, 15) is 22.8 Å². The molecule has 1 amide bonds. The molecule has 7 heteroatoms. The Morgan fingerprint density at radius 3 is 2.42 bits per heavy atom. The van der Waals surface area contributed by atoms with Crippen LogP contribution in [0.25, 0.3) is 0 Å². The number of hydrogen-bond acceptors (Lipinski definition) is 3. The number of rotatable bonds is 5. The molecule has 0 aliphatic rings. The van der Waals surface area contributed by atoms with Crippen LogP contribution in [-0.4, -0.2) is 11.9 Å². The highest BCUT2D eigenvalue weighted by molar-refractivity contribution is 5.77. The maximum absolute atomic E-state index is 13.9. The number of halogens is 3. The normalized spacial score (nSPS) is 11.7. The first kappa shape index (κ1) is 17.5. The SMILES string of the molecule is CC(=O)NC(CC(=O)Oc1cccc(F)c1)c1ccc(F)cc1F. The Morgan fingerprint density at radius 1 is 1.08 bits per heavy atom. The summed E-state index contributed by atoms with van der Waals surface area (Å²) in [7, 11) is 0. The average molecular weight is 337 g/mol. The van der Waals surface area contributed by atoms with E-state index in [4.69, 9.17) is 4.74 Å². The summed E-state index contributed by atoms with van der Waals surface area (Å²) >= 11 is 0. The third kappa shape index (κ3) is 4.84. The zero-order valence-electron chi connectivity index (χ0n) is 12.7. The Hall–Kier alpha value is -2.83. The van der Waals surface area contributed by atoms with Crippen LogP contribution in [0.1, 0.15) is 24.9 Å². The van der Waals surface area contributed by atoms with Crippen LogP contribution in [0.4, 0.5) is 13.2 Å². The van der Waals surface area contributed by atoms with Gasteiger partial charge in [0.1, 0.15) is 23.2 Å². The van der Waals surface area contributed by atoms with Gasteiger partial charge in [-0.2, -0.15) is 0 Å². The fourth-order valence-corrected chi connectivity index (χ4v) is 2.14. The molecular formula is C17H14F3NO3. The van der Waals surface area contributed by atoms with Crippen molar-refractivity contribution in [2.45, 2.75) is 19.4 Å². The molecule has 2 rings (SSSR count). The van der Waals surface area contributed by atoms with Crippen molar-refractivity contribution in [1.29, 1.82) is 0 Å². The molecule has 1 atom stereocenters. The number of esters is 1. The van der Waals surface area contributed by atoms with Gasteiger partial charge in [0.15, 0.2) is 0 Å². The van der Waals surface area contributed by atoms with Crippen molar-refractivity contribution < 1.29 is 27.5 Å². The molecule has 0 heterocycles. The lowest BCUT2D eigenvalue weighted by Crippen LogP contribution is -2.30. The molecule has 0 aromatic heterocycles. The van der Waals surface area contributed by atoms with Crippen LogP contribution in [0, 0.1) is 17.5 Å². The van der Waals surface area contributed by atoms with Crippen molar-refractivity contribution in [2.75, 3.05) is 0 Å². The first-order chi connectivity index (χ1) is 11.3. The van der Waals surface area contributed by atoms with E-state index < -0.39 is 41.8 Å². The Labute approximate surface area is 136 Å². The second kappa shape index (κ2) is 7.63. The number of ether oxygens (including phenoxy) is 1. The molecule has 2 aromatic rings. The van der Waals surface area contributed by atoms with Gasteiger partial charge < -0.3 is 10.1 Å². The van der Waals surface area contributed by atoms with Crippen molar-refractivity contribution in [2.24, 2.45) is 0 Å². The average Bonchev–Trinajstić information content (AvgIpc) is 2.46. The van der Waals surface area contributed by atoms with E-state index in [0.717, 1.165) is 18.2 Å². The first-order valence-corrected chi connectivity index (χ1v) is 7.03. The Balaban J connectivity index is 2.16. The zero-order chi connectivity index (χ0) is 17.7. The van der Waals surface area contributed by atoms with Crippen molar-refractivity contribution in [3.05, 3.63) is 65.5 Å².